The molecule has 1 aliphatic rings. The zero-order valence-electron chi connectivity index (χ0n) is 12.2. The zero-order chi connectivity index (χ0) is 14.3. The van der Waals surface area contributed by atoms with Gasteiger partial charge in [-0.3, -0.25) is 9.48 Å². The van der Waals surface area contributed by atoms with Gasteiger partial charge >= 0.3 is 0 Å². The van der Waals surface area contributed by atoms with E-state index in [1.54, 1.807) is 17.1 Å². The first-order chi connectivity index (χ1) is 8.76. The second-order valence-corrected chi connectivity index (χ2v) is 6.69. The summed E-state index contributed by atoms with van der Waals surface area (Å²) in [5, 5.41) is 7.32. The first-order valence-electron chi connectivity index (χ1n) is 6.84. The number of hydrogen-bond acceptors (Lipinski definition) is 3. The van der Waals surface area contributed by atoms with E-state index < -0.39 is 0 Å². The van der Waals surface area contributed by atoms with Gasteiger partial charge in [-0.1, -0.05) is 0 Å². The molecule has 2 rings (SSSR count). The van der Waals surface area contributed by atoms with Gasteiger partial charge in [0.25, 0.3) is 5.91 Å². The van der Waals surface area contributed by atoms with Crippen LogP contribution >= 0.6 is 0 Å². The molecule has 1 aromatic heterocycles. The number of hydrogen-bond donors (Lipinski definition) is 2. The Labute approximate surface area is 114 Å². The van der Waals surface area contributed by atoms with Gasteiger partial charge in [0.1, 0.15) is 0 Å². The molecule has 1 saturated carbocycles. The van der Waals surface area contributed by atoms with Crippen LogP contribution in [0.2, 0.25) is 0 Å². The van der Waals surface area contributed by atoms with Crippen LogP contribution in [0.3, 0.4) is 0 Å². The quantitative estimate of drug-likeness (QED) is 0.865. The van der Waals surface area contributed by atoms with Crippen LogP contribution in [-0.2, 0) is 5.54 Å². The summed E-state index contributed by atoms with van der Waals surface area (Å²) in [7, 11) is 0. The Morgan fingerprint density at radius 2 is 2.11 bits per heavy atom. The highest BCUT2D eigenvalue weighted by Gasteiger charge is 2.41. The highest BCUT2D eigenvalue weighted by molar-refractivity contribution is 5.94. The number of rotatable bonds is 4. The lowest BCUT2D eigenvalue weighted by Crippen LogP contribution is -2.53. The minimum atomic E-state index is -0.291. The Morgan fingerprint density at radius 1 is 1.47 bits per heavy atom. The molecule has 1 aromatic rings. The molecule has 19 heavy (non-hydrogen) atoms. The van der Waals surface area contributed by atoms with E-state index in [-0.39, 0.29) is 17.0 Å². The standard InChI is InChI=1S/C14H24N4O/c1-13(2,3)18-8-10(7-16-18)12(19)17-14(4,9-15)11-5-6-11/h7-8,11H,5-6,9,15H2,1-4H3,(H,17,19). The molecule has 1 atom stereocenters. The van der Waals surface area contributed by atoms with Gasteiger partial charge in [-0.05, 0) is 46.5 Å². The second-order valence-electron chi connectivity index (χ2n) is 6.69. The predicted octanol–water partition coefficient (Wildman–Crippen LogP) is 1.50. The van der Waals surface area contributed by atoms with E-state index in [0.29, 0.717) is 18.0 Å². The summed E-state index contributed by atoms with van der Waals surface area (Å²) in [6.07, 6.45) is 5.70. The number of carbonyl (C=O) groups excluding carboxylic acids is 1. The third kappa shape index (κ3) is 2.97. The van der Waals surface area contributed by atoms with E-state index in [1.165, 1.54) is 0 Å². The van der Waals surface area contributed by atoms with E-state index in [1.807, 2.05) is 6.92 Å². The molecule has 0 radical (unpaired) electrons. The maximum absolute atomic E-state index is 12.3. The predicted molar refractivity (Wildman–Crippen MR) is 74.9 cm³/mol. The summed E-state index contributed by atoms with van der Waals surface area (Å²) in [5.74, 6) is 0.425. The number of nitrogens with zero attached hydrogens (tertiary/aromatic N) is 2. The summed E-state index contributed by atoms with van der Waals surface area (Å²) < 4.78 is 1.80. The first-order valence-corrected chi connectivity index (χ1v) is 6.84. The van der Waals surface area contributed by atoms with Gasteiger partial charge in [0.2, 0.25) is 0 Å². The lowest BCUT2D eigenvalue weighted by molar-refractivity contribution is 0.0897. The summed E-state index contributed by atoms with van der Waals surface area (Å²) in [6.45, 7) is 8.65. The summed E-state index contributed by atoms with van der Waals surface area (Å²) in [4.78, 5) is 12.3. The highest BCUT2D eigenvalue weighted by Crippen LogP contribution is 2.39. The minimum Gasteiger partial charge on any atom is -0.345 e. The van der Waals surface area contributed by atoms with Crippen LogP contribution in [0, 0.1) is 5.92 Å². The Hall–Kier alpha value is -1.36. The van der Waals surface area contributed by atoms with Gasteiger partial charge in [-0.25, -0.2) is 0 Å². The van der Waals surface area contributed by atoms with Gasteiger partial charge < -0.3 is 11.1 Å². The van der Waals surface area contributed by atoms with Crippen molar-refractivity contribution < 1.29 is 4.79 Å². The fourth-order valence-electron chi connectivity index (χ4n) is 2.18. The van der Waals surface area contributed by atoms with Crippen molar-refractivity contribution in [1.82, 2.24) is 15.1 Å². The molecule has 1 unspecified atom stereocenters. The van der Waals surface area contributed by atoms with Crippen molar-refractivity contribution in [3.8, 4) is 0 Å². The zero-order valence-corrected chi connectivity index (χ0v) is 12.2. The Kier molecular flexibility index (Phi) is 3.43. The lowest BCUT2D eigenvalue weighted by atomic mass is 9.95. The highest BCUT2D eigenvalue weighted by atomic mass is 16.1. The van der Waals surface area contributed by atoms with Gasteiger partial charge in [0.05, 0.1) is 22.8 Å². The van der Waals surface area contributed by atoms with Crippen molar-refractivity contribution in [2.24, 2.45) is 11.7 Å². The van der Waals surface area contributed by atoms with Gasteiger partial charge in [0, 0.05) is 12.7 Å². The second kappa shape index (κ2) is 4.63. The summed E-state index contributed by atoms with van der Waals surface area (Å²) in [6, 6.07) is 0. The normalized spacial score (nSPS) is 19.0. The number of aromatic nitrogens is 2. The fourth-order valence-corrected chi connectivity index (χ4v) is 2.18. The van der Waals surface area contributed by atoms with Crippen LogP contribution < -0.4 is 11.1 Å². The monoisotopic (exact) mass is 264 g/mol. The smallest absolute Gasteiger partial charge is 0.254 e. The van der Waals surface area contributed by atoms with E-state index in [4.69, 9.17) is 5.73 Å². The van der Waals surface area contributed by atoms with Crippen LogP contribution in [0.5, 0.6) is 0 Å². The number of amides is 1. The van der Waals surface area contributed by atoms with Crippen molar-refractivity contribution in [3.63, 3.8) is 0 Å². The molecular weight excluding hydrogens is 240 g/mol. The molecule has 0 spiro atoms. The number of nitrogens with two attached hydrogens (primary N) is 1. The van der Waals surface area contributed by atoms with Gasteiger partial charge in [-0.2, -0.15) is 5.10 Å². The molecule has 106 valence electrons. The summed E-state index contributed by atoms with van der Waals surface area (Å²) >= 11 is 0. The number of carbonyl (C=O) groups is 1. The lowest BCUT2D eigenvalue weighted by Gasteiger charge is -2.29. The maximum atomic E-state index is 12.3. The van der Waals surface area contributed by atoms with Crippen LogP contribution in [0.15, 0.2) is 12.4 Å². The maximum Gasteiger partial charge on any atom is 0.254 e. The van der Waals surface area contributed by atoms with Crippen molar-refractivity contribution in [3.05, 3.63) is 18.0 Å². The van der Waals surface area contributed by atoms with Crippen molar-refractivity contribution in [2.45, 2.75) is 51.6 Å². The van der Waals surface area contributed by atoms with Crippen LogP contribution in [0.1, 0.15) is 50.9 Å². The van der Waals surface area contributed by atoms with Crippen molar-refractivity contribution in [1.29, 1.82) is 0 Å². The molecule has 0 aliphatic heterocycles. The Balaban J connectivity index is 2.09. The average molecular weight is 264 g/mol. The Morgan fingerprint density at radius 3 is 2.53 bits per heavy atom. The first kappa shape index (κ1) is 14.1. The van der Waals surface area contributed by atoms with Crippen LogP contribution in [-0.4, -0.2) is 27.8 Å². The van der Waals surface area contributed by atoms with Gasteiger partial charge in [0.15, 0.2) is 0 Å². The van der Waals surface area contributed by atoms with E-state index in [2.05, 4.69) is 31.2 Å². The molecule has 0 bridgehead atoms. The topological polar surface area (TPSA) is 72.9 Å². The number of nitrogens with one attached hydrogen (secondary N) is 1. The van der Waals surface area contributed by atoms with E-state index >= 15 is 0 Å². The van der Waals surface area contributed by atoms with Gasteiger partial charge in [-0.15, -0.1) is 0 Å². The SMILES string of the molecule is CC(CN)(NC(=O)c1cnn(C(C)(C)C)c1)C1CC1. The molecule has 1 heterocycles. The van der Waals surface area contributed by atoms with Crippen LogP contribution in [0.25, 0.3) is 0 Å². The molecule has 5 heteroatoms. The molecule has 0 aromatic carbocycles. The van der Waals surface area contributed by atoms with Crippen LogP contribution in [0.4, 0.5) is 0 Å². The molecule has 3 N–H and O–H groups in total. The fraction of sp³-hybridized carbons (Fsp3) is 0.714. The average Bonchev–Trinajstić information content (AvgIpc) is 3.05. The van der Waals surface area contributed by atoms with Crippen molar-refractivity contribution in [2.75, 3.05) is 6.54 Å². The third-order valence-corrected chi connectivity index (χ3v) is 3.83. The molecule has 5 nitrogen and oxygen atoms in total. The van der Waals surface area contributed by atoms with E-state index in [0.717, 1.165) is 12.8 Å². The Bertz CT molecular complexity index is 470. The largest absolute Gasteiger partial charge is 0.345 e. The minimum absolute atomic E-state index is 0.0876. The van der Waals surface area contributed by atoms with E-state index in [9.17, 15) is 4.79 Å². The third-order valence-electron chi connectivity index (χ3n) is 3.83. The molecule has 1 aliphatic carbocycles. The molecule has 1 fully saturated rings. The molecule has 0 saturated heterocycles. The molecular formula is C14H24N4O. The summed E-state index contributed by atoms with van der Waals surface area (Å²) in [5.41, 5.74) is 6.00. The molecule has 1 amide bonds. The van der Waals surface area contributed by atoms with Crippen molar-refractivity contribution >= 4 is 5.91 Å².